The smallest absolute Gasteiger partial charge is 0.221 e. The van der Waals surface area contributed by atoms with Gasteiger partial charge in [-0.1, -0.05) is 5.21 Å². The molecule has 7 nitrogen and oxygen atoms in total. The normalized spacial score (nSPS) is 30.3. The number of aliphatic hydroxyl groups is 2. The molecule has 18 heavy (non-hydrogen) atoms. The summed E-state index contributed by atoms with van der Waals surface area (Å²) in [5, 5.41) is 25.6. The summed E-state index contributed by atoms with van der Waals surface area (Å²) >= 11 is 0. The summed E-state index contributed by atoms with van der Waals surface area (Å²) in [7, 11) is 0. The monoisotopic (exact) mass is 261 g/mol. The van der Waals surface area contributed by atoms with Crippen LogP contribution in [-0.2, 0) is 9.47 Å². The van der Waals surface area contributed by atoms with Crippen molar-refractivity contribution in [1.82, 2.24) is 15.0 Å². The van der Waals surface area contributed by atoms with Crippen LogP contribution in [0.2, 0.25) is 0 Å². The highest BCUT2D eigenvalue weighted by Gasteiger charge is 2.49. The molecule has 0 aromatic carbocycles. The Morgan fingerprint density at radius 1 is 1.44 bits per heavy atom. The maximum absolute atomic E-state index is 14.2. The molecule has 0 bridgehead atoms. The van der Waals surface area contributed by atoms with Crippen molar-refractivity contribution in [3.63, 3.8) is 0 Å². The molecule has 0 radical (unpaired) electrons. The van der Waals surface area contributed by atoms with Crippen molar-refractivity contribution in [3.05, 3.63) is 12.4 Å². The fourth-order valence-electron chi connectivity index (χ4n) is 1.93. The Hall–Kier alpha value is -1.09. The third kappa shape index (κ3) is 2.51. The minimum Gasteiger partial charge on any atom is -0.394 e. The van der Waals surface area contributed by atoms with Crippen LogP contribution in [0.3, 0.4) is 0 Å². The number of hydrogen-bond donors (Lipinski definition) is 2. The number of ether oxygens (including phenoxy) is 2. The first-order valence-corrected chi connectivity index (χ1v) is 5.59. The summed E-state index contributed by atoms with van der Waals surface area (Å²) in [5.74, 6) is -1.03. The van der Waals surface area contributed by atoms with Gasteiger partial charge in [-0.25, -0.2) is 9.07 Å². The van der Waals surface area contributed by atoms with E-state index < -0.39 is 37.0 Å². The number of nitrogens with zero attached hydrogens (tertiary/aromatic N) is 3. The van der Waals surface area contributed by atoms with E-state index in [-0.39, 0.29) is 0 Å². The molecule has 1 aliphatic heterocycles. The predicted octanol–water partition coefficient (Wildman–Crippen LogP) is -0.381. The van der Waals surface area contributed by atoms with Crippen molar-refractivity contribution in [3.8, 4) is 0 Å². The number of rotatable bonds is 4. The SMILES string of the molecule is CC1(C)O[C@H]([C@H](O)CO)[C@H](C(F)n2ccnn2)O1. The minimum absolute atomic E-state index is 0.537. The maximum Gasteiger partial charge on any atom is 0.221 e. The molecule has 0 aliphatic carbocycles. The fourth-order valence-corrected chi connectivity index (χ4v) is 1.93. The second-order valence-corrected chi connectivity index (χ2v) is 4.57. The van der Waals surface area contributed by atoms with Crippen molar-refractivity contribution < 1.29 is 24.1 Å². The second-order valence-electron chi connectivity index (χ2n) is 4.57. The molecule has 1 unspecified atom stereocenters. The molecule has 2 N–H and O–H groups in total. The van der Waals surface area contributed by atoms with Gasteiger partial charge < -0.3 is 19.7 Å². The Bertz CT molecular complexity index is 386. The molecule has 1 fully saturated rings. The first kappa shape index (κ1) is 13.3. The van der Waals surface area contributed by atoms with E-state index in [9.17, 15) is 9.50 Å². The molecule has 0 amide bonds. The Morgan fingerprint density at radius 2 is 2.11 bits per heavy atom. The number of hydrogen-bond acceptors (Lipinski definition) is 6. The average Bonchev–Trinajstić information content (AvgIpc) is 2.94. The largest absolute Gasteiger partial charge is 0.394 e. The van der Waals surface area contributed by atoms with Gasteiger partial charge in [-0.15, -0.1) is 5.10 Å². The highest BCUT2D eigenvalue weighted by Crippen LogP contribution is 2.35. The van der Waals surface area contributed by atoms with Crippen LogP contribution in [0.15, 0.2) is 12.4 Å². The quantitative estimate of drug-likeness (QED) is 0.768. The Morgan fingerprint density at radius 3 is 2.67 bits per heavy atom. The highest BCUT2D eigenvalue weighted by atomic mass is 19.1. The lowest BCUT2D eigenvalue weighted by atomic mass is 10.1. The molecule has 102 valence electrons. The van der Waals surface area contributed by atoms with Crippen molar-refractivity contribution in [2.75, 3.05) is 6.61 Å². The Labute approximate surface area is 103 Å². The molecule has 0 saturated carbocycles. The summed E-state index contributed by atoms with van der Waals surface area (Å²) < 4.78 is 26.0. The van der Waals surface area contributed by atoms with E-state index >= 15 is 0 Å². The van der Waals surface area contributed by atoms with E-state index in [1.165, 1.54) is 12.4 Å². The van der Waals surface area contributed by atoms with Gasteiger partial charge >= 0.3 is 0 Å². The molecule has 2 rings (SSSR count). The van der Waals surface area contributed by atoms with Gasteiger partial charge in [0.05, 0.1) is 12.8 Å². The van der Waals surface area contributed by atoms with Crippen molar-refractivity contribution in [1.29, 1.82) is 0 Å². The van der Waals surface area contributed by atoms with Crippen molar-refractivity contribution >= 4 is 0 Å². The zero-order chi connectivity index (χ0) is 13.3. The number of aromatic nitrogens is 3. The minimum atomic E-state index is -1.65. The van der Waals surface area contributed by atoms with Gasteiger partial charge in [0.15, 0.2) is 5.79 Å². The van der Waals surface area contributed by atoms with Crippen molar-refractivity contribution in [2.45, 2.75) is 44.2 Å². The van der Waals surface area contributed by atoms with Crippen LogP contribution >= 0.6 is 0 Å². The third-order valence-corrected chi connectivity index (χ3v) is 2.69. The molecule has 1 aliphatic rings. The van der Waals surface area contributed by atoms with Gasteiger partial charge in [0.2, 0.25) is 6.30 Å². The Kier molecular flexibility index (Phi) is 3.62. The molecule has 1 aromatic rings. The fraction of sp³-hybridized carbons (Fsp3) is 0.800. The van der Waals surface area contributed by atoms with E-state index in [2.05, 4.69) is 10.3 Å². The molecular weight excluding hydrogens is 245 g/mol. The lowest BCUT2D eigenvalue weighted by Crippen LogP contribution is -2.41. The van der Waals surface area contributed by atoms with Crippen LogP contribution in [-0.4, -0.2) is 55.9 Å². The molecule has 1 saturated heterocycles. The molecule has 0 spiro atoms. The van der Waals surface area contributed by atoms with Gasteiger partial charge in [-0.05, 0) is 13.8 Å². The van der Waals surface area contributed by atoms with Gasteiger partial charge in [-0.3, -0.25) is 0 Å². The van der Waals surface area contributed by atoms with E-state index in [4.69, 9.17) is 14.6 Å². The number of alkyl halides is 1. The van der Waals surface area contributed by atoms with Gasteiger partial charge in [0.1, 0.15) is 18.3 Å². The van der Waals surface area contributed by atoms with Gasteiger partial charge in [0.25, 0.3) is 0 Å². The van der Waals surface area contributed by atoms with E-state index in [1.54, 1.807) is 13.8 Å². The van der Waals surface area contributed by atoms with Crippen molar-refractivity contribution in [2.24, 2.45) is 0 Å². The second kappa shape index (κ2) is 4.88. The van der Waals surface area contributed by atoms with Gasteiger partial charge in [-0.2, -0.15) is 0 Å². The molecule has 1 aromatic heterocycles. The van der Waals surface area contributed by atoms with Gasteiger partial charge in [0, 0.05) is 6.20 Å². The first-order chi connectivity index (χ1) is 8.44. The zero-order valence-electron chi connectivity index (χ0n) is 10.1. The maximum atomic E-state index is 14.2. The molecule has 8 heteroatoms. The van der Waals surface area contributed by atoms with E-state index in [0.717, 1.165) is 4.68 Å². The number of aliphatic hydroxyl groups excluding tert-OH is 2. The Balaban J connectivity index is 2.18. The summed E-state index contributed by atoms with van der Waals surface area (Å²) in [6.07, 6.45) is -2.22. The summed E-state index contributed by atoms with van der Waals surface area (Å²) in [5.41, 5.74) is 0. The highest BCUT2D eigenvalue weighted by molar-refractivity contribution is 4.89. The third-order valence-electron chi connectivity index (χ3n) is 2.69. The lowest BCUT2D eigenvalue weighted by molar-refractivity contribution is -0.162. The summed E-state index contributed by atoms with van der Waals surface area (Å²) in [4.78, 5) is 0. The van der Waals surface area contributed by atoms with Crippen LogP contribution in [0.4, 0.5) is 4.39 Å². The summed E-state index contributed by atoms with van der Waals surface area (Å²) in [6, 6.07) is 0. The summed E-state index contributed by atoms with van der Waals surface area (Å²) in [6.45, 7) is 2.68. The molecule has 2 heterocycles. The van der Waals surface area contributed by atoms with Crippen LogP contribution in [0, 0.1) is 0 Å². The lowest BCUT2D eigenvalue weighted by Gasteiger charge is -2.22. The first-order valence-electron chi connectivity index (χ1n) is 5.59. The number of halogens is 1. The predicted molar refractivity (Wildman–Crippen MR) is 57.1 cm³/mol. The van der Waals surface area contributed by atoms with E-state index in [1.807, 2.05) is 0 Å². The van der Waals surface area contributed by atoms with Crippen LogP contribution in [0.1, 0.15) is 20.1 Å². The van der Waals surface area contributed by atoms with Crippen LogP contribution in [0.25, 0.3) is 0 Å². The average molecular weight is 261 g/mol. The molecule has 4 atom stereocenters. The molecular formula is C10H16FN3O4. The standard InChI is InChI=1S/C10H16FN3O4/c1-10(2)17-7(6(16)5-15)8(18-10)9(11)14-4-3-12-13-14/h3-4,6-9,15-16H,5H2,1-2H3/t6-,7-,8-,9?/m1/s1. The van der Waals surface area contributed by atoms with E-state index in [0.29, 0.717) is 0 Å². The van der Waals surface area contributed by atoms with Crippen LogP contribution in [0.5, 0.6) is 0 Å². The zero-order valence-corrected chi connectivity index (χ0v) is 10.1. The topological polar surface area (TPSA) is 89.6 Å². The van der Waals surface area contributed by atoms with Crippen LogP contribution < -0.4 is 0 Å².